The number of carboxylic acid groups (broad SMARTS) is 1. The lowest BCUT2D eigenvalue weighted by Crippen LogP contribution is -2.38. The Morgan fingerprint density at radius 2 is 2.11 bits per heavy atom. The minimum atomic E-state index is -4.67. The van der Waals surface area contributed by atoms with E-state index in [-0.39, 0.29) is 36.5 Å². The lowest BCUT2D eigenvalue weighted by atomic mass is 10.0. The topological polar surface area (TPSA) is 71.8 Å². The zero-order valence-corrected chi connectivity index (χ0v) is 15.9. The Balaban J connectivity index is 1.91. The fourth-order valence-electron chi connectivity index (χ4n) is 4.10. The van der Waals surface area contributed by atoms with Crippen molar-refractivity contribution in [1.29, 1.82) is 0 Å². The highest BCUT2D eigenvalue weighted by molar-refractivity contribution is 5.71. The molecular weight excluding hydrogens is 377 g/mol. The second-order valence-corrected chi connectivity index (χ2v) is 8.03. The van der Waals surface area contributed by atoms with Crippen molar-refractivity contribution in [2.45, 2.75) is 57.5 Å². The molecule has 2 fully saturated rings. The van der Waals surface area contributed by atoms with Crippen molar-refractivity contribution in [3.05, 3.63) is 33.7 Å². The summed E-state index contributed by atoms with van der Waals surface area (Å²) >= 11 is 0. The van der Waals surface area contributed by atoms with E-state index in [0.717, 1.165) is 17.2 Å². The molecule has 0 amide bonds. The summed E-state index contributed by atoms with van der Waals surface area (Å²) in [5.41, 5.74) is -1.98. The van der Waals surface area contributed by atoms with Crippen LogP contribution in [0.4, 0.5) is 13.2 Å². The van der Waals surface area contributed by atoms with Gasteiger partial charge in [0.25, 0.3) is 5.56 Å². The molecule has 9 heteroatoms. The maximum absolute atomic E-state index is 13.5. The van der Waals surface area contributed by atoms with E-state index in [9.17, 15) is 27.9 Å². The van der Waals surface area contributed by atoms with Crippen LogP contribution in [0.1, 0.15) is 43.9 Å². The normalized spacial score (nSPS) is 23.5. The third-order valence-corrected chi connectivity index (χ3v) is 5.47. The Bertz CT molecular complexity index is 790. The molecule has 0 aliphatic carbocycles. The molecule has 0 spiro atoms. The van der Waals surface area contributed by atoms with Gasteiger partial charge in [-0.05, 0) is 30.7 Å². The van der Waals surface area contributed by atoms with Gasteiger partial charge in [-0.15, -0.1) is 0 Å². The van der Waals surface area contributed by atoms with Gasteiger partial charge in [-0.3, -0.25) is 9.69 Å². The van der Waals surface area contributed by atoms with E-state index < -0.39 is 29.3 Å². The predicted molar refractivity (Wildman–Crippen MR) is 95.3 cm³/mol. The molecule has 6 nitrogen and oxygen atoms in total. The quantitative estimate of drug-likeness (QED) is 0.759. The van der Waals surface area contributed by atoms with E-state index in [4.69, 9.17) is 4.74 Å². The van der Waals surface area contributed by atoms with Gasteiger partial charge in [0.05, 0.1) is 18.3 Å². The Morgan fingerprint density at radius 3 is 2.61 bits per heavy atom. The number of hydrogen-bond acceptors (Lipinski definition) is 4. The number of halogens is 3. The minimum Gasteiger partial charge on any atom is -0.480 e. The number of hydrogen-bond donors (Lipinski definition) is 1. The summed E-state index contributed by atoms with van der Waals surface area (Å²) in [5.74, 6) is -1.26. The van der Waals surface area contributed by atoms with Gasteiger partial charge < -0.3 is 14.4 Å². The van der Waals surface area contributed by atoms with Crippen LogP contribution < -0.4 is 5.56 Å². The molecule has 28 heavy (non-hydrogen) atoms. The maximum Gasteiger partial charge on any atom is 0.416 e. The second kappa shape index (κ2) is 7.87. The van der Waals surface area contributed by atoms with E-state index in [1.165, 1.54) is 0 Å². The van der Waals surface area contributed by atoms with Gasteiger partial charge in [0.2, 0.25) is 0 Å². The largest absolute Gasteiger partial charge is 0.480 e. The Hall–Kier alpha value is -1.87. The summed E-state index contributed by atoms with van der Waals surface area (Å²) in [6, 6.07) is -0.437. The molecule has 2 bridgehead atoms. The van der Waals surface area contributed by atoms with Gasteiger partial charge in [0.15, 0.2) is 0 Å². The average molecular weight is 402 g/mol. The summed E-state index contributed by atoms with van der Waals surface area (Å²) in [7, 11) is 0. The van der Waals surface area contributed by atoms with E-state index in [0.29, 0.717) is 25.8 Å². The summed E-state index contributed by atoms with van der Waals surface area (Å²) in [6.45, 7) is 5.29. The second-order valence-electron chi connectivity index (χ2n) is 8.03. The first-order valence-electron chi connectivity index (χ1n) is 9.47. The van der Waals surface area contributed by atoms with Gasteiger partial charge in [0, 0.05) is 31.4 Å². The maximum atomic E-state index is 13.5. The summed E-state index contributed by atoms with van der Waals surface area (Å²) in [6.07, 6.45) is -2.29. The lowest BCUT2D eigenvalue weighted by molar-refractivity contribution is -0.141. The number of rotatable bonds is 7. The van der Waals surface area contributed by atoms with Crippen molar-refractivity contribution in [2.75, 3.05) is 19.7 Å². The number of ether oxygens (including phenoxy) is 1. The van der Waals surface area contributed by atoms with E-state index in [1.54, 1.807) is 13.8 Å². The molecule has 1 N–H and O–H groups in total. The third kappa shape index (κ3) is 4.41. The molecule has 0 aromatic carbocycles. The molecule has 2 aliphatic heterocycles. The van der Waals surface area contributed by atoms with Crippen molar-refractivity contribution < 1.29 is 27.8 Å². The van der Waals surface area contributed by atoms with E-state index in [1.807, 2.05) is 0 Å². The van der Waals surface area contributed by atoms with Crippen molar-refractivity contribution in [3.63, 3.8) is 0 Å². The number of alkyl halides is 3. The highest BCUT2D eigenvalue weighted by Crippen LogP contribution is 2.33. The molecular formula is C19H25F3N2O4. The van der Waals surface area contributed by atoms with Crippen LogP contribution in [-0.4, -0.2) is 52.4 Å². The minimum absolute atomic E-state index is 0.0288. The van der Waals surface area contributed by atoms with Crippen molar-refractivity contribution >= 4 is 5.97 Å². The lowest BCUT2D eigenvalue weighted by Gasteiger charge is -2.27. The number of aliphatic carboxylic acids is 1. The van der Waals surface area contributed by atoms with Crippen LogP contribution in [-0.2, 0) is 22.1 Å². The number of carbonyl (C=O) groups is 1. The van der Waals surface area contributed by atoms with Crippen LogP contribution >= 0.6 is 0 Å². The summed E-state index contributed by atoms with van der Waals surface area (Å²) < 4.78 is 46.9. The van der Waals surface area contributed by atoms with Crippen LogP contribution in [0.25, 0.3) is 0 Å². The molecule has 2 saturated heterocycles. The van der Waals surface area contributed by atoms with E-state index in [2.05, 4.69) is 4.90 Å². The standard InChI is InChI=1S/C19H25F3N2O4/c1-11(2)5-16(18(26)27)24-8-12(15(7-17(24)25)19(20,21)22)3-4-23-9-14-6-13(23)10-28-14/h7-8,11,13-14,16H,3-6,9-10H2,1-2H3,(H,26,27). The van der Waals surface area contributed by atoms with Crippen molar-refractivity contribution in [1.82, 2.24) is 9.47 Å². The number of nitrogens with zero attached hydrogens (tertiary/aromatic N) is 2. The fourth-order valence-corrected chi connectivity index (χ4v) is 4.10. The van der Waals surface area contributed by atoms with Gasteiger partial charge >= 0.3 is 12.1 Å². The average Bonchev–Trinajstić information content (AvgIpc) is 3.20. The number of fused-ring (bicyclic) bond motifs is 2. The van der Waals surface area contributed by atoms with Crippen LogP contribution in [0, 0.1) is 5.92 Å². The van der Waals surface area contributed by atoms with Crippen molar-refractivity contribution in [2.24, 2.45) is 5.92 Å². The van der Waals surface area contributed by atoms with Crippen LogP contribution in [0.3, 0.4) is 0 Å². The molecule has 3 unspecified atom stereocenters. The number of likely N-dealkylation sites (tertiary alicyclic amines) is 1. The number of aromatic nitrogens is 1. The fraction of sp³-hybridized carbons (Fsp3) is 0.684. The van der Waals surface area contributed by atoms with Gasteiger partial charge in [-0.25, -0.2) is 4.79 Å². The first kappa shape index (κ1) is 20.9. The van der Waals surface area contributed by atoms with Crippen LogP contribution in [0.15, 0.2) is 17.1 Å². The summed E-state index contributed by atoms with van der Waals surface area (Å²) in [4.78, 5) is 26.0. The Kier molecular flexibility index (Phi) is 5.86. The first-order valence-corrected chi connectivity index (χ1v) is 9.47. The number of carboxylic acids is 1. The zero-order valence-electron chi connectivity index (χ0n) is 15.9. The first-order chi connectivity index (χ1) is 13.1. The van der Waals surface area contributed by atoms with Gasteiger partial charge in [0.1, 0.15) is 6.04 Å². The number of pyridine rings is 1. The molecule has 3 heterocycles. The molecule has 156 valence electrons. The smallest absolute Gasteiger partial charge is 0.416 e. The molecule has 3 rings (SSSR count). The van der Waals surface area contributed by atoms with E-state index >= 15 is 0 Å². The summed E-state index contributed by atoms with van der Waals surface area (Å²) in [5, 5.41) is 9.49. The van der Waals surface area contributed by atoms with Crippen molar-refractivity contribution in [3.8, 4) is 0 Å². The van der Waals surface area contributed by atoms with Crippen LogP contribution in [0.5, 0.6) is 0 Å². The monoisotopic (exact) mass is 402 g/mol. The Morgan fingerprint density at radius 1 is 1.39 bits per heavy atom. The predicted octanol–water partition coefficient (Wildman–Crippen LogP) is 2.55. The highest BCUT2D eigenvalue weighted by Gasteiger charge is 2.39. The number of morpholine rings is 1. The molecule has 0 radical (unpaired) electrons. The Labute approximate surface area is 160 Å². The molecule has 1 aromatic rings. The zero-order chi connectivity index (χ0) is 20.6. The molecule has 1 aromatic heterocycles. The van der Waals surface area contributed by atoms with Gasteiger partial charge in [-0.2, -0.15) is 13.2 Å². The SMILES string of the molecule is CC(C)CC(C(=O)O)n1cc(CCN2CC3CC2CO3)c(C(F)(F)F)cc1=O. The highest BCUT2D eigenvalue weighted by atomic mass is 19.4. The van der Waals surface area contributed by atoms with Gasteiger partial charge in [-0.1, -0.05) is 13.8 Å². The molecule has 2 aliphatic rings. The molecule has 0 saturated carbocycles. The molecule has 3 atom stereocenters. The third-order valence-electron chi connectivity index (χ3n) is 5.47. The van der Waals surface area contributed by atoms with Crippen LogP contribution in [0.2, 0.25) is 0 Å².